The van der Waals surface area contributed by atoms with Gasteiger partial charge in [-0.3, -0.25) is 9.78 Å². The molecule has 0 aliphatic rings. The standard InChI is InChI=1S/C22H21FN2O2/c1-3-6-17-11-12-21(15(2)24-17)22(26)25-18-8-5-10-20(14-18)27-19-9-4-7-16(23)13-19/h4-5,7-14H,3,6H2,1-2H3,(H,25,26). The van der Waals surface area contributed by atoms with Crippen LogP contribution in [-0.4, -0.2) is 10.9 Å². The van der Waals surface area contributed by atoms with Crippen molar-refractivity contribution in [1.29, 1.82) is 0 Å². The second-order valence-electron chi connectivity index (χ2n) is 6.23. The Morgan fingerprint density at radius 1 is 1.07 bits per heavy atom. The molecule has 0 saturated heterocycles. The topological polar surface area (TPSA) is 51.2 Å². The van der Waals surface area contributed by atoms with E-state index < -0.39 is 0 Å². The monoisotopic (exact) mass is 364 g/mol. The van der Waals surface area contributed by atoms with Crippen molar-refractivity contribution in [2.75, 3.05) is 5.32 Å². The van der Waals surface area contributed by atoms with Gasteiger partial charge < -0.3 is 10.1 Å². The van der Waals surface area contributed by atoms with E-state index in [4.69, 9.17) is 4.74 Å². The lowest BCUT2D eigenvalue weighted by Crippen LogP contribution is -2.14. The highest BCUT2D eigenvalue weighted by atomic mass is 19.1. The predicted octanol–water partition coefficient (Wildman–Crippen LogP) is 5.53. The third-order valence-electron chi connectivity index (χ3n) is 4.02. The van der Waals surface area contributed by atoms with Gasteiger partial charge in [-0.15, -0.1) is 0 Å². The van der Waals surface area contributed by atoms with E-state index in [-0.39, 0.29) is 11.7 Å². The molecule has 0 aliphatic heterocycles. The molecular weight excluding hydrogens is 343 g/mol. The highest BCUT2D eigenvalue weighted by Gasteiger charge is 2.11. The van der Waals surface area contributed by atoms with Crippen molar-refractivity contribution in [2.45, 2.75) is 26.7 Å². The molecule has 4 nitrogen and oxygen atoms in total. The lowest BCUT2D eigenvalue weighted by Gasteiger charge is -2.11. The minimum absolute atomic E-state index is 0.231. The van der Waals surface area contributed by atoms with Crippen molar-refractivity contribution in [3.05, 3.63) is 83.4 Å². The number of aromatic nitrogens is 1. The number of halogens is 1. The number of hydrogen-bond donors (Lipinski definition) is 1. The number of anilines is 1. The van der Waals surface area contributed by atoms with Crippen molar-refractivity contribution < 1.29 is 13.9 Å². The highest BCUT2D eigenvalue weighted by Crippen LogP contribution is 2.25. The highest BCUT2D eigenvalue weighted by molar-refractivity contribution is 6.05. The molecule has 1 amide bonds. The zero-order chi connectivity index (χ0) is 19.2. The molecule has 0 bridgehead atoms. The predicted molar refractivity (Wildman–Crippen MR) is 104 cm³/mol. The van der Waals surface area contributed by atoms with Crippen LogP contribution in [0.25, 0.3) is 0 Å². The van der Waals surface area contributed by atoms with Crippen molar-refractivity contribution in [1.82, 2.24) is 4.98 Å². The summed E-state index contributed by atoms with van der Waals surface area (Å²) in [5.74, 6) is 0.300. The van der Waals surface area contributed by atoms with Crippen molar-refractivity contribution in [3.8, 4) is 11.5 Å². The fraction of sp³-hybridized carbons (Fsp3) is 0.182. The van der Waals surface area contributed by atoms with Gasteiger partial charge in [0, 0.05) is 23.5 Å². The van der Waals surface area contributed by atoms with Gasteiger partial charge in [0.25, 0.3) is 5.91 Å². The van der Waals surface area contributed by atoms with E-state index in [1.54, 1.807) is 42.5 Å². The number of nitrogens with one attached hydrogen (secondary N) is 1. The van der Waals surface area contributed by atoms with Crippen LogP contribution in [0.4, 0.5) is 10.1 Å². The van der Waals surface area contributed by atoms with Crippen LogP contribution in [0.1, 0.15) is 35.1 Å². The Kier molecular flexibility index (Phi) is 5.81. The van der Waals surface area contributed by atoms with Crippen LogP contribution in [0.15, 0.2) is 60.7 Å². The van der Waals surface area contributed by atoms with Crippen molar-refractivity contribution in [3.63, 3.8) is 0 Å². The number of carbonyl (C=O) groups is 1. The number of amides is 1. The summed E-state index contributed by atoms with van der Waals surface area (Å²) < 4.78 is 18.9. The second-order valence-corrected chi connectivity index (χ2v) is 6.23. The summed E-state index contributed by atoms with van der Waals surface area (Å²) in [4.78, 5) is 17.1. The minimum Gasteiger partial charge on any atom is -0.457 e. The van der Waals surface area contributed by atoms with Crippen molar-refractivity contribution in [2.24, 2.45) is 0 Å². The SMILES string of the molecule is CCCc1ccc(C(=O)Nc2cccc(Oc3cccc(F)c3)c2)c(C)n1. The Bertz CT molecular complexity index is 957. The first kappa shape index (κ1) is 18.6. The van der Waals surface area contributed by atoms with E-state index >= 15 is 0 Å². The van der Waals surface area contributed by atoms with E-state index in [2.05, 4.69) is 17.2 Å². The number of benzene rings is 2. The molecule has 0 unspecified atom stereocenters. The van der Waals surface area contributed by atoms with Gasteiger partial charge in [-0.1, -0.05) is 25.5 Å². The molecule has 0 saturated carbocycles. The van der Waals surface area contributed by atoms with Crippen LogP contribution in [0, 0.1) is 12.7 Å². The summed E-state index contributed by atoms with van der Waals surface area (Å²) in [6.45, 7) is 3.92. The first-order chi connectivity index (χ1) is 13.0. The van der Waals surface area contributed by atoms with E-state index in [0.717, 1.165) is 18.5 Å². The third kappa shape index (κ3) is 4.91. The summed E-state index contributed by atoms with van der Waals surface area (Å²) >= 11 is 0. The lowest BCUT2D eigenvalue weighted by atomic mass is 10.1. The fourth-order valence-electron chi connectivity index (χ4n) is 2.75. The molecule has 1 heterocycles. The molecule has 3 rings (SSSR count). The van der Waals surface area contributed by atoms with Crippen LogP contribution < -0.4 is 10.1 Å². The summed E-state index contributed by atoms with van der Waals surface area (Å²) in [7, 11) is 0. The van der Waals surface area contributed by atoms with E-state index in [1.807, 2.05) is 13.0 Å². The van der Waals surface area contributed by atoms with Crippen LogP contribution in [0.5, 0.6) is 11.5 Å². The second kappa shape index (κ2) is 8.45. The fourth-order valence-corrected chi connectivity index (χ4v) is 2.75. The largest absolute Gasteiger partial charge is 0.457 e. The normalized spacial score (nSPS) is 10.5. The molecule has 0 atom stereocenters. The average molecular weight is 364 g/mol. The van der Waals surface area contributed by atoms with Gasteiger partial charge >= 0.3 is 0 Å². The van der Waals surface area contributed by atoms with Crippen LogP contribution in [0.3, 0.4) is 0 Å². The molecule has 138 valence electrons. The van der Waals surface area contributed by atoms with Crippen LogP contribution >= 0.6 is 0 Å². The Morgan fingerprint density at radius 3 is 2.52 bits per heavy atom. The van der Waals surface area contributed by atoms with Crippen LogP contribution in [0.2, 0.25) is 0 Å². The maximum atomic E-state index is 13.3. The Morgan fingerprint density at radius 2 is 1.81 bits per heavy atom. The molecule has 0 aliphatic carbocycles. The van der Waals surface area contributed by atoms with Gasteiger partial charge in [0.1, 0.15) is 17.3 Å². The average Bonchev–Trinajstić information content (AvgIpc) is 2.62. The number of carbonyl (C=O) groups excluding carboxylic acids is 1. The molecule has 1 aromatic heterocycles. The Hall–Kier alpha value is -3.21. The molecule has 0 spiro atoms. The lowest BCUT2D eigenvalue weighted by molar-refractivity contribution is 0.102. The number of nitrogens with zero attached hydrogens (tertiary/aromatic N) is 1. The molecule has 5 heteroatoms. The summed E-state index contributed by atoms with van der Waals surface area (Å²) in [5, 5.41) is 2.86. The number of rotatable bonds is 6. The van der Waals surface area contributed by atoms with E-state index in [9.17, 15) is 9.18 Å². The maximum Gasteiger partial charge on any atom is 0.257 e. The first-order valence-corrected chi connectivity index (χ1v) is 8.86. The zero-order valence-corrected chi connectivity index (χ0v) is 15.3. The van der Waals surface area contributed by atoms with Gasteiger partial charge in [-0.05, 0) is 49.7 Å². The summed E-state index contributed by atoms with van der Waals surface area (Å²) in [6, 6.07) is 16.6. The van der Waals surface area contributed by atoms with Crippen LogP contribution in [-0.2, 0) is 6.42 Å². The third-order valence-corrected chi connectivity index (χ3v) is 4.02. The Balaban J connectivity index is 1.73. The summed E-state index contributed by atoms with van der Waals surface area (Å²) in [6.07, 6.45) is 1.90. The first-order valence-electron chi connectivity index (χ1n) is 8.86. The number of pyridine rings is 1. The smallest absolute Gasteiger partial charge is 0.257 e. The molecular formula is C22H21FN2O2. The van der Waals surface area contributed by atoms with E-state index in [0.29, 0.717) is 28.4 Å². The van der Waals surface area contributed by atoms with Gasteiger partial charge in [-0.25, -0.2) is 4.39 Å². The number of ether oxygens (including phenoxy) is 1. The molecule has 0 fully saturated rings. The number of hydrogen-bond acceptors (Lipinski definition) is 3. The summed E-state index contributed by atoms with van der Waals surface area (Å²) in [5.41, 5.74) is 2.81. The van der Waals surface area contributed by atoms with E-state index in [1.165, 1.54) is 12.1 Å². The molecule has 27 heavy (non-hydrogen) atoms. The number of aryl methyl sites for hydroxylation is 2. The van der Waals surface area contributed by atoms with Gasteiger partial charge in [-0.2, -0.15) is 0 Å². The maximum absolute atomic E-state index is 13.3. The molecule has 3 aromatic rings. The van der Waals surface area contributed by atoms with Gasteiger partial charge in [0.2, 0.25) is 0 Å². The molecule has 0 radical (unpaired) electrons. The van der Waals surface area contributed by atoms with Gasteiger partial charge in [0.15, 0.2) is 0 Å². The minimum atomic E-state index is -0.369. The van der Waals surface area contributed by atoms with Gasteiger partial charge in [0.05, 0.1) is 11.3 Å². The quantitative estimate of drug-likeness (QED) is 0.626. The molecule has 1 N–H and O–H groups in total. The zero-order valence-electron chi connectivity index (χ0n) is 15.3. The van der Waals surface area contributed by atoms with Crippen molar-refractivity contribution >= 4 is 11.6 Å². The Labute approximate surface area is 158 Å². The molecule has 2 aromatic carbocycles.